The van der Waals surface area contributed by atoms with Crippen LogP contribution in [0.15, 0.2) is 11.0 Å². The van der Waals surface area contributed by atoms with Gasteiger partial charge in [0, 0.05) is 45.4 Å². The van der Waals surface area contributed by atoms with Gasteiger partial charge in [0.15, 0.2) is 0 Å². The number of hydrogen-bond acceptors (Lipinski definition) is 6. The molecule has 142 valence electrons. The monoisotopic (exact) mass is 381 g/mol. The van der Waals surface area contributed by atoms with Crippen LogP contribution in [-0.2, 0) is 16.6 Å². The molecule has 1 aromatic rings. The molecular formula is C17H24ClN5O3. The van der Waals surface area contributed by atoms with E-state index in [9.17, 15) is 9.59 Å². The van der Waals surface area contributed by atoms with E-state index in [4.69, 9.17) is 16.3 Å². The summed E-state index contributed by atoms with van der Waals surface area (Å²) < 4.78 is 6.77. The van der Waals surface area contributed by atoms with Crippen molar-refractivity contribution in [3.8, 4) is 0 Å². The molecule has 3 atom stereocenters. The summed E-state index contributed by atoms with van der Waals surface area (Å²) in [6, 6.07) is 0.615. The highest BCUT2D eigenvalue weighted by atomic mass is 35.5. The lowest BCUT2D eigenvalue weighted by Gasteiger charge is -2.56. The van der Waals surface area contributed by atoms with Gasteiger partial charge >= 0.3 is 0 Å². The van der Waals surface area contributed by atoms with Crippen LogP contribution in [-0.4, -0.2) is 71.6 Å². The number of nitrogens with zero attached hydrogens (tertiary/aromatic N) is 4. The Bertz CT molecular complexity index is 736. The van der Waals surface area contributed by atoms with E-state index in [1.54, 1.807) is 13.2 Å². The number of piperazine rings is 1. The lowest BCUT2D eigenvalue weighted by atomic mass is 9.87. The predicted octanol–water partition coefficient (Wildman–Crippen LogP) is -0.00820. The van der Waals surface area contributed by atoms with Crippen LogP contribution in [0.25, 0.3) is 0 Å². The second kappa shape index (κ2) is 7.17. The Labute approximate surface area is 157 Å². The van der Waals surface area contributed by atoms with Gasteiger partial charge in [0.2, 0.25) is 5.91 Å². The van der Waals surface area contributed by atoms with E-state index in [-0.39, 0.29) is 22.6 Å². The number of aromatic nitrogens is 2. The minimum atomic E-state index is -0.284. The van der Waals surface area contributed by atoms with Gasteiger partial charge in [-0.1, -0.05) is 11.6 Å². The number of aryl methyl sites for hydroxylation is 1. The summed E-state index contributed by atoms with van der Waals surface area (Å²) in [6.45, 7) is 3.32. The minimum absolute atomic E-state index is 0.0527. The van der Waals surface area contributed by atoms with E-state index in [0.717, 1.165) is 39.0 Å². The molecule has 8 nitrogen and oxygen atoms in total. The van der Waals surface area contributed by atoms with Gasteiger partial charge < -0.3 is 15.0 Å². The zero-order chi connectivity index (χ0) is 18.3. The number of nitrogens with one attached hydrogen (secondary N) is 1. The quantitative estimate of drug-likeness (QED) is 0.773. The van der Waals surface area contributed by atoms with Crippen LogP contribution in [0.2, 0.25) is 5.02 Å². The van der Waals surface area contributed by atoms with Crippen molar-refractivity contribution in [3.63, 3.8) is 0 Å². The summed E-state index contributed by atoms with van der Waals surface area (Å²) >= 11 is 6.21. The Morgan fingerprint density at radius 3 is 2.88 bits per heavy atom. The van der Waals surface area contributed by atoms with Gasteiger partial charge in [-0.2, -0.15) is 5.10 Å². The van der Waals surface area contributed by atoms with Crippen molar-refractivity contribution < 1.29 is 9.53 Å². The number of ether oxygens (including phenoxy) is 1. The highest BCUT2D eigenvalue weighted by molar-refractivity contribution is 6.33. The summed E-state index contributed by atoms with van der Waals surface area (Å²) in [6.07, 6.45) is 4.99. The first-order valence-corrected chi connectivity index (χ1v) is 9.51. The normalized spacial score (nSPS) is 28.1. The fourth-order valence-electron chi connectivity index (χ4n) is 4.12. The lowest BCUT2D eigenvalue weighted by Crippen LogP contribution is -2.70. The van der Waals surface area contributed by atoms with Crippen LogP contribution >= 0.6 is 11.6 Å². The third-order valence-electron chi connectivity index (χ3n) is 5.62. The Morgan fingerprint density at radius 1 is 1.42 bits per heavy atom. The fraction of sp³-hybridized carbons (Fsp3) is 0.706. The maximum atomic E-state index is 12.2. The zero-order valence-electron chi connectivity index (χ0n) is 14.9. The summed E-state index contributed by atoms with van der Waals surface area (Å²) in [7, 11) is 1.59. The van der Waals surface area contributed by atoms with Crippen LogP contribution < -0.4 is 15.8 Å². The van der Waals surface area contributed by atoms with Crippen LogP contribution in [0.5, 0.6) is 0 Å². The number of fused-ring (bicyclic) bond motifs is 2. The highest BCUT2D eigenvalue weighted by Crippen LogP contribution is 2.35. The van der Waals surface area contributed by atoms with Crippen LogP contribution in [0.4, 0.5) is 5.69 Å². The third kappa shape index (κ3) is 3.33. The van der Waals surface area contributed by atoms with Crippen LogP contribution in [0.1, 0.15) is 19.3 Å². The Hall–Kier alpha value is -1.64. The summed E-state index contributed by atoms with van der Waals surface area (Å²) in [5, 5.41) is 7.27. The Balaban J connectivity index is 1.32. The SMILES string of the molecule is Cn1ncc(N2CC3CC(C2)N3CC(=O)NCC2CCCO2)c(Cl)c1=O. The molecule has 4 saturated heterocycles. The van der Waals surface area contributed by atoms with Gasteiger partial charge in [0.25, 0.3) is 5.56 Å². The second-order valence-electron chi connectivity index (χ2n) is 7.33. The summed E-state index contributed by atoms with van der Waals surface area (Å²) in [4.78, 5) is 28.6. The number of halogens is 1. The average Bonchev–Trinajstić information content (AvgIpc) is 3.16. The number of anilines is 1. The number of amides is 1. The van der Waals surface area contributed by atoms with Gasteiger partial charge in [-0.15, -0.1) is 0 Å². The summed E-state index contributed by atoms with van der Waals surface area (Å²) in [5.74, 6) is 0.0527. The molecule has 0 aromatic carbocycles. The number of piperidine rings is 1. The van der Waals surface area contributed by atoms with Crippen molar-refractivity contribution in [1.82, 2.24) is 20.0 Å². The Kier molecular flexibility index (Phi) is 4.90. The largest absolute Gasteiger partial charge is 0.376 e. The van der Waals surface area contributed by atoms with E-state index in [1.807, 2.05) is 0 Å². The van der Waals surface area contributed by atoms with Gasteiger partial charge in [-0.05, 0) is 19.3 Å². The molecule has 4 aliphatic heterocycles. The molecule has 3 unspecified atom stereocenters. The smallest absolute Gasteiger partial charge is 0.287 e. The third-order valence-corrected chi connectivity index (χ3v) is 5.98. The van der Waals surface area contributed by atoms with Gasteiger partial charge in [-0.3, -0.25) is 14.5 Å². The van der Waals surface area contributed by atoms with Crippen molar-refractivity contribution in [2.24, 2.45) is 7.05 Å². The first kappa shape index (κ1) is 17.8. The Morgan fingerprint density at radius 2 is 2.19 bits per heavy atom. The van der Waals surface area contributed by atoms with E-state index in [0.29, 0.717) is 30.9 Å². The van der Waals surface area contributed by atoms with Crippen molar-refractivity contribution in [2.75, 3.05) is 37.7 Å². The molecule has 4 aliphatic rings. The second-order valence-corrected chi connectivity index (χ2v) is 7.71. The molecule has 2 bridgehead atoms. The molecule has 9 heteroatoms. The van der Waals surface area contributed by atoms with E-state index >= 15 is 0 Å². The highest BCUT2D eigenvalue weighted by Gasteiger charge is 2.45. The van der Waals surface area contributed by atoms with Crippen molar-refractivity contribution in [1.29, 1.82) is 0 Å². The molecule has 1 amide bonds. The molecule has 0 radical (unpaired) electrons. The fourth-order valence-corrected chi connectivity index (χ4v) is 4.41. The van der Waals surface area contributed by atoms with Gasteiger partial charge in [0.1, 0.15) is 5.02 Å². The molecule has 0 saturated carbocycles. The maximum absolute atomic E-state index is 12.2. The topological polar surface area (TPSA) is 79.7 Å². The summed E-state index contributed by atoms with van der Waals surface area (Å²) in [5.41, 5.74) is 0.403. The van der Waals surface area contributed by atoms with Crippen molar-refractivity contribution >= 4 is 23.2 Å². The molecule has 5 rings (SSSR count). The average molecular weight is 382 g/mol. The van der Waals surface area contributed by atoms with E-state index in [2.05, 4.69) is 20.2 Å². The molecular weight excluding hydrogens is 358 g/mol. The zero-order valence-corrected chi connectivity index (χ0v) is 15.6. The van der Waals surface area contributed by atoms with Crippen molar-refractivity contribution in [2.45, 2.75) is 37.5 Å². The minimum Gasteiger partial charge on any atom is -0.376 e. The molecule has 4 fully saturated rings. The first-order valence-electron chi connectivity index (χ1n) is 9.13. The number of carbonyl (C=O) groups excluding carboxylic acids is 1. The van der Waals surface area contributed by atoms with E-state index in [1.165, 1.54) is 4.68 Å². The van der Waals surface area contributed by atoms with E-state index < -0.39 is 0 Å². The van der Waals surface area contributed by atoms with Gasteiger partial charge in [-0.25, -0.2) is 4.68 Å². The standard InChI is InChI=1S/C17H24ClN5O3/c1-21-17(25)16(18)14(7-20-21)22-8-11-5-12(9-22)23(11)10-15(24)19-6-13-3-2-4-26-13/h7,11-13H,2-6,8-10H2,1H3,(H,19,24). The number of rotatable bonds is 5. The van der Waals surface area contributed by atoms with Crippen LogP contribution in [0, 0.1) is 0 Å². The predicted molar refractivity (Wildman–Crippen MR) is 97.6 cm³/mol. The maximum Gasteiger partial charge on any atom is 0.287 e. The lowest BCUT2D eigenvalue weighted by molar-refractivity contribution is -0.127. The molecule has 0 spiro atoms. The van der Waals surface area contributed by atoms with Crippen molar-refractivity contribution in [3.05, 3.63) is 21.6 Å². The van der Waals surface area contributed by atoms with Gasteiger partial charge in [0.05, 0.1) is 24.5 Å². The number of hydrogen-bond donors (Lipinski definition) is 1. The molecule has 1 N–H and O–H groups in total. The molecule has 5 heterocycles. The van der Waals surface area contributed by atoms with Crippen LogP contribution in [0.3, 0.4) is 0 Å². The molecule has 1 aromatic heterocycles. The number of carbonyl (C=O) groups is 1. The molecule has 26 heavy (non-hydrogen) atoms. The molecule has 0 aliphatic carbocycles. The first-order chi connectivity index (χ1) is 12.5.